The Morgan fingerprint density at radius 2 is 1.68 bits per heavy atom. The summed E-state index contributed by atoms with van der Waals surface area (Å²) < 4.78 is 11.8. The van der Waals surface area contributed by atoms with Crippen LogP contribution in [0.2, 0.25) is 0 Å². The van der Waals surface area contributed by atoms with Crippen molar-refractivity contribution in [3.8, 4) is 11.5 Å². The maximum Gasteiger partial charge on any atom is 0.164 e. The maximum atomic E-state index is 6.17. The van der Waals surface area contributed by atoms with Gasteiger partial charge < -0.3 is 15.2 Å². The lowest BCUT2D eigenvalue weighted by atomic mass is 9.95. The summed E-state index contributed by atoms with van der Waals surface area (Å²) in [6.07, 6.45) is 0.734. The molecule has 0 radical (unpaired) electrons. The van der Waals surface area contributed by atoms with Gasteiger partial charge in [-0.15, -0.1) is 0 Å². The van der Waals surface area contributed by atoms with Gasteiger partial charge in [0.1, 0.15) is 6.61 Å². The van der Waals surface area contributed by atoms with E-state index >= 15 is 0 Å². The second kappa shape index (κ2) is 7.32. The van der Waals surface area contributed by atoms with E-state index in [0.717, 1.165) is 29.0 Å². The summed E-state index contributed by atoms with van der Waals surface area (Å²) in [6, 6.07) is 16.1. The first-order valence-corrected chi connectivity index (χ1v) is 7.70. The molecule has 3 heteroatoms. The molecule has 2 aromatic rings. The van der Waals surface area contributed by atoms with Crippen molar-refractivity contribution in [1.29, 1.82) is 0 Å². The van der Waals surface area contributed by atoms with E-state index in [1.54, 1.807) is 0 Å². The first-order valence-electron chi connectivity index (χ1n) is 7.70. The van der Waals surface area contributed by atoms with Crippen LogP contribution in [0, 0.1) is 0 Å². The fraction of sp³-hybridized carbons (Fsp3) is 0.368. The highest BCUT2D eigenvalue weighted by Crippen LogP contribution is 2.33. The van der Waals surface area contributed by atoms with E-state index in [1.807, 2.05) is 51.1 Å². The Kier molecular flexibility index (Phi) is 5.45. The van der Waals surface area contributed by atoms with Crippen LogP contribution in [0.3, 0.4) is 0 Å². The van der Waals surface area contributed by atoms with Gasteiger partial charge in [0.15, 0.2) is 11.5 Å². The second-order valence-corrected chi connectivity index (χ2v) is 6.12. The summed E-state index contributed by atoms with van der Waals surface area (Å²) >= 11 is 0. The predicted octanol–water partition coefficient (Wildman–Crippen LogP) is 3.94. The van der Waals surface area contributed by atoms with Gasteiger partial charge in [-0.25, -0.2) is 0 Å². The highest BCUT2D eigenvalue weighted by molar-refractivity contribution is 5.47. The molecule has 0 bridgehead atoms. The Bertz CT molecular complexity index is 588. The molecule has 3 nitrogen and oxygen atoms in total. The minimum absolute atomic E-state index is 0.296. The average Bonchev–Trinajstić information content (AvgIpc) is 2.46. The van der Waals surface area contributed by atoms with E-state index in [4.69, 9.17) is 15.2 Å². The Labute approximate surface area is 133 Å². The number of hydrogen-bond donors (Lipinski definition) is 1. The van der Waals surface area contributed by atoms with Crippen molar-refractivity contribution in [2.45, 2.75) is 39.3 Å². The van der Waals surface area contributed by atoms with E-state index in [1.165, 1.54) is 0 Å². The fourth-order valence-corrected chi connectivity index (χ4v) is 2.35. The Hall–Kier alpha value is -2.00. The minimum Gasteiger partial charge on any atom is -0.490 e. The quantitative estimate of drug-likeness (QED) is 0.842. The Balaban J connectivity index is 2.25. The van der Waals surface area contributed by atoms with Crippen molar-refractivity contribution >= 4 is 0 Å². The van der Waals surface area contributed by atoms with Crippen molar-refractivity contribution < 1.29 is 9.47 Å². The van der Waals surface area contributed by atoms with Gasteiger partial charge >= 0.3 is 0 Å². The van der Waals surface area contributed by atoms with Crippen LogP contribution in [0.4, 0.5) is 0 Å². The van der Waals surface area contributed by atoms with Crippen LogP contribution in [0.1, 0.15) is 31.9 Å². The third-order valence-corrected chi connectivity index (χ3v) is 3.23. The minimum atomic E-state index is -0.296. The van der Waals surface area contributed by atoms with Gasteiger partial charge in [-0.1, -0.05) is 42.5 Å². The Morgan fingerprint density at radius 3 is 2.32 bits per heavy atom. The Morgan fingerprint density at radius 1 is 0.955 bits per heavy atom. The van der Waals surface area contributed by atoms with Crippen molar-refractivity contribution in [2.75, 3.05) is 6.61 Å². The molecule has 118 valence electrons. The van der Waals surface area contributed by atoms with E-state index in [0.29, 0.717) is 13.2 Å². The van der Waals surface area contributed by atoms with Crippen LogP contribution >= 0.6 is 0 Å². The van der Waals surface area contributed by atoms with Gasteiger partial charge in [0, 0.05) is 5.54 Å². The molecule has 0 atom stereocenters. The molecule has 0 aliphatic rings. The summed E-state index contributed by atoms with van der Waals surface area (Å²) in [7, 11) is 0. The zero-order chi connectivity index (χ0) is 16.0. The maximum absolute atomic E-state index is 6.17. The first-order chi connectivity index (χ1) is 10.5. The fourth-order valence-electron chi connectivity index (χ4n) is 2.35. The van der Waals surface area contributed by atoms with E-state index in [2.05, 4.69) is 18.2 Å². The molecule has 2 N–H and O–H groups in total. The molecule has 0 aliphatic heterocycles. The molecular formula is C19H25NO2. The molecule has 2 rings (SSSR count). The zero-order valence-corrected chi connectivity index (χ0v) is 13.6. The molecule has 22 heavy (non-hydrogen) atoms. The number of benzene rings is 2. The molecule has 0 saturated carbocycles. The molecule has 2 aromatic carbocycles. The molecule has 0 saturated heterocycles. The van der Waals surface area contributed by atoms with Gasteiger partial charge in [-0.3, -0.25) is 0 Å². The van der Waals surface area contributed by atoms with Crippen LogP contribution in [0.5, 0.6) is 11.5 Å². The van der Waals surface area contributed by atoms with Crippen molar-refractivity contribution in [2.24, 2.45) is 5.73 Å². The highest BCUT2D eigenvalue weighted by Gasteiger charge is 2.18. The van der Waals surface area contributed by atoms with Gasteiger partial charge in [0.25, 0.3) is 0 Å². The van der Waals surface area contributed by atoms with Gasteiger partial charge in [-0.2, -0.15) is 0 Å². The number of nitrogens with two attached hydrogens (primary N) is 1. The summed E-state index contributed by atoms with van der Waals surface area (Å²) in [5, 5.41) is 0. The lowest BCUT2D eigenvalue weighted by Gasteiger charge is -2.22. The molecule has 0 aromatic heterocycles. The first kappa shape index (κ1) is 16.4. The van der Waals surface area contributed by atoms with Crippen LogP contribution in [-0.2, 0) is 13.0 Å². The van der Waals surface area contributed by atoms with Crippen molar-refractivity contribution in [3.05, 3.63) is 59.7 Å². The zero-order valence-electron chi connectivity index (χ0n) is 13.6. The highest BCUT2D eigenvalue weighted by atomic mass is 16.5. The monoisotopic (exact) mass is 299 g/mol. The number of para-hydroxylation sites is 1. The second-order valence-electron chi connectivity index (χ2n) is 6.12. The average molecular weight is 299 g/mol. The SMILES string of the molecule is CCOc1cccc(CC(C)(C)N)c1OCc1ccccc1. The number of hydrogen-bond acceptors (Lipinski definition) is 3. The largest absolute Gasteiger partial charge is 0.490 e. The summed E-state index contributed by atoms with van der Waals surface area (Å²) in [5.41, 5.74) is 8.08. The lowest BCUT2D eigenvalue weighted by molar-refractivity contribution is 0.265. The predicted molar refractivity (Wildman–Crippen MR) is 90.4 cm³/mol. The van der Waals surface area contributed by atoms with Gasteiger partial charge in [-0.05, 0) is 44.4 Å². The van der Waals surface area contributed by atoms with Crippen LogP contribution in [0.15, 0.2) is 48.5 Å². The molecule has 0 amide bonds. The summed E-state index contributed by atoms with van der Waals surface area (Å²) in [5.74, 6) is 1.58. The molecule has 0 fully saturated rings. The standard InChI is InChI=1S/C19H25NO2/c1-4-21-17-12-8-11-16(13-19(2,3)20)18(17)22-14-15-9-6-5-7-10-15/h5-12H,4,13-14,20H2,1-3H3. The molecule has 0 heterocycles. The van der Waals surface area contributed by atoms with Crippen LogP contribution in [-0.4, -0.2) is 12.1 Å². The number of rotatable bonds is 7. The summed E-state index contributed by atoms with van der Waals surface area (Å²) in [4.78, 5) is 0. The third-order valence-electron chi connectivity index (χ3n) is 3.23. The normalized spacial score (nSPS) is 11.3. The number of ether oxygens (including phenoxy) is 2. The molecule has 0 spiro atoms. The molecule has 0 aliphatic carbocycles. The summed E-state index contributed by atoms with van der Waals surface area (Å²) in [6.45, 7) is 7.13. The smallest absolute Gasteiger partial charge is 0.164 e. The lowest BCUT2D eigenvalue weighted by Crippen LogP contribution is -2.34. The van der Waals surface area contributed by atoms with E-state index in [-0.39, 0.29) is 5.54 Å². The van der Waals surface area contributed by atoms with Crippen LogP contribution < -0.4 is 15.2 Å². The van der Waals surface area contributed by atoms with Gasteiger partial charge in [0.05, 0.1) is 6.61 Å². The van der Waals surface area contributed by atoms with Crippen molar-refractivity contribution in [3.63, 3.8) is 0 Å². The van der Waals surface area contributed by atoms with E-state index in [9.17, 15) is 0 Å². The topological polar surface area (TPSA) is 44.5 Å². The van der Waals surface area contributed by atoms with E-state index < -0.39 is 0 Å². The van der Waals surface area contributed by atoms with Crippen molar-refractivity contribution in [1.82, 2.24) is 0 Å². The molecular weight excluding hydrogens is 274 g/mol. The van der Waals surface area contributed by atoms with Gasteiger partial charge in [0.2, 0.25) is 0 Å². The van der Waals surface area contributed by atoms with Crippen LogP contribution in [0.25, 0.3) is 0 Å². The third kappa shape index (κ3) is 4.78. The molecule has 0 unspecified atom stereocenters.